The van der Waals surface area contributed by atoms with Crippen LogP contribution in [0.2, 0.25) is 0 Å². The molecule has 6 rings (SSSR count). The summed E-state index contributed by atoms with van der Waals surface area (Å²) in [5.74, 6) is -1.40. The summed E-state index contributed by atoms with van der Waals surface area (Å²) in [6, 6.07) is 2.05. The van der Waals surface area contributed by atoms with E-state index in [0.717, 1.165) is 13.8 Å². The maximum atomic E-state index is 13.0. The maximum Gasteiger partial charge on any atom is 0.397 e. The van der Waals surface area contributed by atoms with Gasteiger partial charge in [0.25, 0.3) is 0 Å². The van der Waals surface area contributed by atoms with Crippen LogP contribution in [0.25, 0.3) is 0 Å². The molecule has 5 fully saturated rings. The zero-order valence-corrected chi connectivity index (χ0v) is 42.6. The van der Waals surface area contributed by atoms with Crippen LogP contribution >= 0.6 is 0 Å². The molecule has 25 atom stereocenters. The van der Waals surface area contributed by atoms with Gasteiger partial charge in [-0.1, -0.05) is 0 Å². The topological polar surface area (TPSA) is 509 Å². The lowest BCUT2D eigenvalue weighted by atomic mass is 9.93. The second-order valence-electron chi connectivity index (χ2n) is 18.2. The Bertz CT molecular complexity index is 2310. The third-order valence-corrected chi connectivity index (χ3v) is 13.6. The van der Waals surface area contributed by atoms with Gasteiger partial charge in [-0.05, 0) is 31.2 Å². The number of hydrogen-bond donors (Lipinski definition) is 15. The van der Waals surface area contributed by atoms with Crippen LogP contribution in [0, 0.1) is 0 Å². The van der Waals surface area contributed by atoms with Crippen LogP contribution < -0.4 is 20.1 Å². The van der Waals surface area contributed by atoms with E-state index >= 15 is 0 Å². The highest BCUT2D eigenvalue weighted by atomic mass is 32.3. The van der Waals surface area contributed by atoms with Crippen molar-refractivity contribution in [1.29, 1.82) is 0 Å². The van der Waals surface area contributed by atoms with E-state index in [9.17, 15) is 91.7 Å². The van der Waals surface area contributed by atoms with Gasteiger partial charge in [0.15, 0.2) is 25.2 Å². The second-order valence-corrected chi connectivity index (χ2v) is 20.4. The maximum absolute atomic E-state index is 13.0. The number of nitrogens with one attached hydrogen (secondary N) is 2. The summed E-state index contributed by atoms with van der Waals surface area (Å²) in [7, 11) is -9.34. The Morgan fingerprint density at radius 3 is 1.45 bits per heavy atom. The first-order valence-corrected chi connectivity index (χ1v) is 26.1. The van der Waals surface area contributed by atoms with E-state index in [1.54, 1.807) is 0 Å². The molecule has 1 aromatic rings. The highest BCUT2D eigenvalue weighted by molar-refractivity contribution is 7.81. The average molecular weight is 1160 g/mol. The van der Waals surface area contributed by atoms with Crippen LogP contribution in [0.1, 0.15) is 20.8 Å². The summed E-state index contributed by atoms with van der Waals surface area (Å²) in [5, 5.41) is 124. The molecule has 5 heterocycles. The summed E-state index contributed by atoms with van der Waals surface area (Å²) in [4.78, 5) is 25.6. The second kappa shape index (κ2) is 26.5. The van der Waals surface area contributed by atoms with Gasteiger partial charge in [-0.15, -0.1) is 0 Å². The highest BCUT2D eigenvalue weighted by Crippen LogP contribution is 2.37. The van der Waals surface area contributed by atoms with E-state index < -0.39 is 212 Å². The van der Waals surface area contributed by atoms with Crippen LogP contribution in [0.15, 0.2) is 24.3 Å². The molecule has 2 amide bonds. The predicted octanol–water partition coefficient (Wildman–Crippen LogP) is -8.86. The Morgan fingerprint density at radius 1 is 0.494 bits per heavy atom. The Balaban J connectivity index is 1.38. The first-order chi connectivity index (χ1) is 36.1. The van der Waals surface area contributed by atoms with Gasteiger partial charge < -0.3 is 119 Å². The van der Waals surface area contributed by atoms with Crippen molar-refractivity contribution in [3.05, 3.63) is 24.3 Å². The zero-order valence-electron chi connectivity index (χ0n) is 41.0. The molecule has 0 spiro atoms. The van der Waals surface area contributed by atoms with E-state index in [-0.39, 0.29) is 5.75 Å². The van der Waals surface area contributed by atoms with E-state index in [4.69, 9.17) is 52.1 Å². The highest BCUT2D eigenvalue weighted by Gasteiger charge is 2.58. The molecule has 15 N–H and O–H groups in total. The predicted molar refractivity (Wildman–Crippen MR) is 241 cm³/mol. The molecule has 5 saturated heterocycles. The lowest BCUT2D eigenvalue weighted by molar-refractivity contribution is -0.384. The largest absolute Gasteiger partial charge is 0.497 e. The average Bonchev–Trinajstić information content (AvgIpc) is 3.36. The molecule has 0 aromatic heterocycles. The summed E-state index contributed by atoms with van der Waals surface area (Å²) in [6.07, 6.45) is -45.9. The van der Waals surface area contributed by atoms with Gasteiger partial charge in [0.2, 0.25) is 18.1 Å². The van der Waals surface area contributed by atoms with Crippen LogP contribution in [-0.2, 0) is 81.4 Å². The summed E-state index contributed by atoms with van der Waals surface area (Å²) in [6.45, 7) is -1.37. The van der Waals surface area contributed by atoms with Crippen LogP contribution in [-0.4, -0.2) is 281 Å². The van der Waals surface area contributed by atoms with Crippen LogP contribution in [0.4, 0.5) is 0 Å². The van der Waals surface area contributed by atoms with Crippen molar-refractivity contribution >= 4 is 32.6 Å². The van der Waals surface area contributed by atoms with Gasteiger partial charge in [0.05, 0.1) is 39.6 Å². The number of methoxy groups -OCH3 is 1. The molecule has 36 heteroatoms. The van der Waals surface area contributed by atoms with Gasteiger partial charge in [0, 0.05) is 13.8 Å². The number of ether oxygens (including phenoxy) is 11. The molecule has 0 unspecified atom stereocenters. The van der Waals surface area contributed by atoms with Crippen molar-refractivity contribution in [2.45, 2.75) is 174 Å². The van der Waals surface area contributed by atoms with Crippen molar-refractivity contribution < 1.29 is 152 Å². The van der Waals surface area contributed by atoms with E-state index in [1.165, 1.54) is 38.3 Å². The first kappa shape index (κ1) is 62.9. The quantitative estimate of drug-likeness (QED) is 0.0508. The lowest BCUT2D eigenvalue weighted by Gasteiger charge is -2.51. The molecule has 0 saturated carbocycles. The summed E-state index contributed by atoms with van der Waals surface area (Å²) in [5.41, 5.74) is 0. The van der Waals surface area contributed by atoms with Gasteiger partial charge in [-0.25, -0.2) is 8.37 Å². The SMILES string of the molecule is COc1ccc(O[C@@H]2O[C@H](COS(=O)(=O)O)[C@@H](O[C@@H]3O[C@H](CO)[C@H](O)[C@H](O[C@@H]4O[C@H](COS(=O)(=O)O)[C@@H](O[C@@H]5O[C@H](CO)[C@H](O)[C@H](O)[C@H]5O)[C@H](O)[C@H]4NC(C)=O)[C@H]3O)[C@H](O[C@@H]3O[C@@H](C)[C@@H](O)[C@@H](O)[C@@H]3O)[C@H]2NC(C)=O)cc1. The molecule has 442 valence electrons. The molecule has 0 aliphatic carbocycles. The molecular weight excluding hydrogens is 1100 g/mol. The molecule has 34 nitrogen and oxygen atoms in total. The van der Waals surface area contributed by atoms with Crippen molar-refractivity contribution in [2.75, 3.05) is 33.5 Å². The fourth-order valence-electron chi connectivity index (χ4n) is 8.93. The Hall–Kier alpha value is -3.30. The molecule has 1 aromatic carbocycles. The van der Waals surface area contributed by atoms with Gasteiger partial charge >= 0.3 is 20.8 Å². The molecule has 5 aliphatic rings. The third kappa shape index (κ3) is 15.6. The molecular formula is C41H64N2O32S2. The fraction of sp³-hybridized carbons (Fsp3) is 0.805. The molecule has 77 heavy (non-hydrogen) atoms. The minimum absolute atomic E-state index is 0.0109. The number of aliphatic hydroxyl groups is 11. The number of carbonyl (C=O) groups excluding carboxylic acids is 2. The Kier molecular flexibility index (Phi) is 21.7. The number of carbonyl (C=O) groups is 2. The van der Waals surface area contributed by atoms with Crippen molar-refractivity contribution in [3.8, 4) is 11.5 Å². The minimum Gasteiger partial charge on any atom is -0.497 e. The first-order valence-electron chi connectivity index (χ1n) is 23.4. The van der Waals surface area contributed by atoms with E-state index in [0.29, 0.717) is 5.75 Å². The zero-order chi connectivity index (χ0) is 57.0. The van der Waals surface area contributed by atoms with E-state index in [1.807, 2.05) is 0 Å². The summed E-state index contributed by atoms with van der Waals surface area (Å²) < 4.78 is 140. The van der Waals surface area contributed by atoms with Crippen molar-refractivity contribution in [2.24, 2.45) is 0 Å². The fourth-order valence-corrected chi connectivity index (χ4v) is 9.54. The molecule has 0 radical (unpaired) electrons. The number of hydrogen-bond acceptors (Lipinski definition) is 30. The number of benzene rings is 1. The number of rotatable bonds is 21. The molecule has 5 aliphatic heterocycles. The van der Waals surface area contributed by atoms with Crippen LogP contribution in [0.3, 0.4) is 0 Å². The van der Waals surface area contributed by atoms with Crippen LogP contribution in [0.5, 0.6) is 11.5 Å². The summed E-state index contributed by atoms with van der Waals surface area (Å²) >= 11 is 0. The number of aliphatic hydroxyl groups excluding tert-OH is 11. The minimum atomic E-state index is -5.36. The lowest BCUT2D eigenvalue weighted by Crippen LogP contribution is -2.71. The third-order valence-electron chi connectivity index (χ3n) is 12.8. The van der Waals surface area contributed by atoms with Gasteiger partial charge in [-0.2, -0.15) is 16.8 Å². The monoisotopic (exact) mass is 1160 g/mol. The van der Waals surface area contributed by atoms with Crippen molar-refractivity contribution in [1.82, 2.24) is 10.6 Å². The Morgan fingerprint density at radius 2 is 0.922 bits per heavy atom. The molecule has 0 bridgehead atoms. The van der Waals surface area contributed by atoms with Gasteiger partial charge in [0.1, 0.15) is 127 Å². The van der Waals surface area contributed by atoms with Gasteiger partial charge in [-0.3, -0.25) is 18.7 Å². The number of amides is 2. The normalized spacial score (nSPS) is 42.0. The Labute approximate surface area is 437 Å². The van der Waals surface area contributed by atoms with Crippen molar-refractivity contribution in [3.63, 3.8) is 0 Å². The smallest absolute Gasteiger partial charge is 0.397 e. The standard InChI is InChI=1S/C41H64N2O32S2/c1-13-24(48)28(52)30(54)39(66-13)74-35-23(43-15(3)47)38(67-17-7-5-16(63-4)6-8-17)71-21(12-65-77(60,61)62)34(35)73-41-32(56)36(26(50)19(10-45)69-41)75-37-22(42-14(2)46)27(51)33(20(70-37)11-64-76(57,58)59)72-40-31(55)29(53)25(49)18(9-44)68-40/h5-8,13,18-41,44-45,48-56H,9-12H2,1-4H3,(H,42,46)(H,43,47)(H,57,58,59)(H,60,61,62)/t13-,18+,19+,20+,21+,22+,23+,24+,25-,26-,27+,28+,29-,30-,31+,32+,33+,34+,35+,36-,37-,38+,39-,40-,41-/m0/s1. The van der Waals surface area contributed by atoms with E-state index in [2.05, 4.69) is 19.0 Å².